The molecular formula is C9H7BrO5. The Kier molecular flexibility index (Phi) is 3.68. The van der Waals surface area contributed by atoms with E-state index in [1.54, 1.807) is 0 Å². The molecule has 0 amide bonds. The van der Waals surface area contributed by atoms with E-state index in [1.807, 2.05) is 0 Å². The highest BCUT2D eigenvalue weighted by Crippen LogP contribution is 2.32. The summed E-state index contributed by atoms with van der Waals surface area (Å²) in [5.74, 6) is -0.847. The van der Waals surface area contributed by atoms with Gasteiger partial charge in [0, 0.05) is 0 Å². The Hall–Kier alpha value is -1.56. The van der Waals surface area contributed by atoms with Crippen molar-refractivity contribution in [2.45, 2.75) is 0 Å². The van der Waals surface area contributed by atoms with E-state index in [0.29, 0.717) is 0 Å². The van der Waals surface area contributed by atoms with E-state index in [0.717, 1.165) is 0 Å². The molecule has 0 saturated heterocycles. The van der Waals surface area contributed by atoms with E-state index in [2.05, 4.69) is 25.4 Å². The summed E-state index contributed by atoms with van der Waals surface area (Å²) in [5, 5.41) is 9.50. The summed E-state index contributed by atoms with van der Waals surface area (Å²) in [4.78, 5) is 21.3. The van der Waals surface area contributed by atoms with Crippen molar-refractivity contribution in [3.05, 3.63) is 22.2 Å². The summed E-state index contributed by atoms with van der Waals surface area (Å²) in [6.07, 6.45) is 0. The van der Waals surface area contributed by atoms with Gasteiger partial charge in [0.1, 0.15) is 17.1 Å². The number of hydrogen-bond acceptors (Lipinski definition) is 5. The number of phenolic OH excluding ortho intramolecular Hbond substituents is 1. The second-order valence-electron chi connectivity index (χ2n) is 2.51. The number of halogens is 1. The topological polar surface area (TPSA) is 72.8 Å². The number of benzene rings is 1. The number of hydrogen-bond donors (Lipinski definition) is 1. The molecule has 0 unspecified atom stereocenters. The lowest BCUT2D eigenvalue weighted by Crippen LogP contribution is -2.02. The third-order valence-electron chi connectivity index (χ3n) is 1.63. The summed E-state index contributed by atoms with van der Waals surface area (Å²) in [5.41, 5.74) is -0.0799. The Bertz CT molecular complexity index is 402. The average Bonchev–Trinajstić information content (AvgIpc) is 2.22. The van der Waals surface area contributed by atoms with Gasteiger partial charge < -0.3 is 14.6 Å². The molecule has 0 spiro atoms. The lowest BCUT2D eigenvalue weighted by Gasteiger charge is -2.06. The van der Waals surface area contributed by atoms with Gasteiger partial charge in [-0.2, -0.15) is 0 Å². The first-order chi connectivity index (χ1) is 7.10. The third kappa shape index (κ3) is 2.47. The molecule has 0 heterocycles. The summed E-state index contributed by atoms with van der Waals surface area (Å²) in [6.45, 7) is 0.222. The minimum Gasteiger partial charge on any atom is -0.506 e. The fourth-order valence-electron chi connectivity index (χ4n) is 0.963. The molecule has 1 aromatic rings. The molecule has 0 aliphatic rings. The molecule has 0 aromatic heterocycles. The molecule has 5 nitrogen and oxygen atoms in total. The molecule has 1 aromatic carbocycles. The molecule has 0 bridgehead atoms. The maximum Gasteiger partial charge on any atom is 0.341 e. The number of rotatable bonds is 3. The first-order valence-corrected chi connectivity index (χ1v) is 4.60. The largest absolute Gasteiger partial charge is 0.506 e. The van der Waals surface area contributed by atoms with Gasteiger partial charge in [-0.3, -0.25) is 4.79 Å². The van der Waals surface area contributed by atoms with E-state index in [4.69, 9.17) is 0 Å². The molecule has 1 rings (SSSR count). The predicted molar refractivity (Wildman–Crippen MR) is 53.8 cm³/mol. The van der Waals surface area contributed by atoms with Gasteiger partial charge in [-0.1, -0.05) is 0 Å². The summed E-state index contributed by atoms with van der Waals surface area (Å²) in [7, 11) is 1.18. The molecule has 0 fully saturated rings. The second kappa shape index (κ2) is 4.79. The minimum atomic E-state index is -0.718. The predicted octanol–water partition coefficient (Wildman–Crippen LogP) is 1.48. The van der Waals surface area contributed by atoms with E-state index < -0.39 is 5.97 Å². The number of methoxy groups -OCH3 is 1. The van der Waals surface area contributed by atoms with Crippen LogP contribution in [0.5, 0.6) is 11.5 Å². The minimum absolute atomic E-state index is 0.0799. The van der Waals surface area contributed by atoms with Gasteiger partial charge in [0.05, 0.1) is 11.6 Å². The van der Waals surface area contributed by atoms with E-state index in [1.165, 1.54) is 19.2 Å². The first kappa shape index (κ1) is 11.5. The summed E-state index contributed by atoms with van der Waals surface area (Å²) >= 11 is 3.01. The molecule has 15 heavy (non-hydrogen) atoms. The highest BCUT2D eigenvalue weighted by Gasteiger charge is 2.16. The molecule has 6 heteroatoms. The number of carbonyl (C=O) groups excluding carboxylic acids is 2. The number of aromatic hydroxyl groups is 1. The zero-order valence-corrected chi connectivity index (χ0v) is 9.28. The molecule has 80 valence electrons. The van der Waals surface area contributed by atoms with Crippen molar-refractivity contribution >= 4 is 28.4 Å². The molecule has 0 saturated carbocycles. The summed E-state index contributed by atoms with van der Waals surface area (Å²) < 4.78 is 9.23. The summed E-state index contributed by atoms with van der Waals surface area (Å²) in [6, 6.07) is 2.57. The molecule has 0 atom stereocenters. The number of phenols is 1. The lowest BCUT2D eigenvalue weighted by molar-refractivity contribution is -0.120. The van der Waals surface area contributed by atoms with E-state index in [-0.39, 0.29) is 28.0 Å². The van der Waals surface area contributed by atoms with E-state index in [9.17, 15) is 14.7 Å². The highest BCUT2D eigenvalue weighted by atomic mass is 79.9. The highest BCUT2D eigenvalue weighted by molar-refractivity contribution is 9.10. The van der Waals surface area contributed by atoms with Crippen LogP contribution in [0.15, 0.2) is 16.6 Å². The Morgan fingerprint density at radius 2 is 2.20 bits per heavy atom. The first-order valence-electron chi connectivity index (χ1n) is 3.81. The van der Waals surface area contributed by atoms with Crippen molar-refractivity contribution < 1.29 is 24.2 Å². The van der Waals surface area contributed by atoms with E-state index >= 15 is 0 Å². The van der Waals surface area contributed by atoms with Gasteiger partial charge in [-0.25, -0.2) is 4.79 Å². The quantitative estimate of drug-likeness (QED) is 0.668. The van der Waals surface area contributed by atoms with Gasteiger partial charge in [-0.05, 0) is 28.1 Å². The van der Waals surface area contributed by atoms with Crippen LogP contribution in [0.1, 0.15) is 10.4 Å². The Morgan fingerprint density at radius 3 is 2.73 bits per heavy atom. The maximum atomic E-state index is 11.2. The number of esters is 1. The fourth-order valence-corrected chi connectivity index (χ4v) is 1.40. The molecule has 0 radical (unpaired) electrons. The van der Waals surface area contributed by atoms with Crippen molar-refractivity contribution in [3.8, 4) is 11.5 Å². The Morgan fingerprint density at radius 1 is 1.53 bits per heavy atom. The standard InChI is InChI=1S/C9H7BrO5/c1-14-9(13)6-2-5(15-4-11)3-7(10)8(6)12/h2-4,12H,1H3. The molecule has 1 N–H and O–H groups in total. The average molecular weight is 275 g/mol. The van der Waals surface area contributed by atoms with Crippen molar-refractivity contribution in [1.29, 1.82) is 0 Å². The zero-order chi connectivity index (χ0) is 11.4. The van der Waals surface area contributed by atoms with Crippen LogP contribution in [-0.2, 0) is 9.53 Å². The van der Waals surface area contributed by atoms with Crippen LogP contribution in [0, 0.1) is 0 Å². The smallest absolute Gasteiger partial charge is 0.341 e. The van der Waals surface area contributed by atoms with Gasteiger partial charge in [-0.15, -0.1) is 0 Å². The van der Waals surface area contributed by atoms with Crippen LogP contribution in [0.25, 0.3) is 0 Å². The number of carbonyl (C=O) groups is 2. The van der Waals surface area contributed by atoms with Gasteiger partial charge in [0.15, 0.2) is 0 Å². The van der Waals surface area contributed by atoms with Gasteiger partial charge in [0.25, 0.3) is 6.47 Å². The zero-order valence-electron chi connectivity index (χ0n) is 7.69. The van der Waals surface area contributed by atoms with Gasteiger partial charge >= 0.3 is 5.97 Å². The normalized spacial score (nSPS) is 9.47. The number of ether oxygens (including phenoxy) is 2. The third-order valence-corrected chi connectivity index (χ3v) is 2.23. The molecular weight excluding hydrogens is 268 g/mol. The molecule has 0 aliphatic heterocycles. The lowest BCUT2D eigenvalue weighted by atomic mass is 10.2. The van der Waals surface area contributed by atoms with Crippen molar-refractivity contribution in [1.82, 2.24) is 0 Å². The van der Waals surface area contributed by atoms with Crippen molar-refractivity contribution in [2.24, 2.45) is 0 Å². The Balaban J connectivity index is 3.24. The fraction of sp³-hybridized carbons (Fsp3) is 0.111. The van der Waals surface area contributed by atoms with Crippen LogP contribution in [0.2, 0.25) is 0 Å². The monoisotopic (exact) mass is 274 g/mol. The van der Waals surface area contributed by atoms with Crippen LogP contribution in [0.3, 0.4) is 0 Å². The maximum absolute atomic E-state index is 11.2. The Labute approximate surface area is 93.7 Å². The van der Waals surface area contributed by atoms with Crippen LogP contribution < -0.4 is 4.74 Å². The van der Waals surface area contributed by atoms with Crippen LogP contribution in [-0.4, -0.2) is 24.7 Å². The SMILES string of the molecule is COC(=O)c1cc(OC=O)cc(Br)c1O. The van der Waals surface area contributed by atoms with Crippen LogP contribution >= 0.6 is 15.9 Å². The van der Waals surface area contributed by atoms with Crippen molar-refractivity contribution in [3.63, 3.8) is 0 Å². The molecule has 0 aliphatic carbocycles. The van der Waals surface area contributed by atoms with Crippen molar-refractivity contribution in [2.75, 3.05) is 7.11 Å². The van der Waals surface area contributed by atoms with Crippen LogP contribution in [0.4, 0.5) is 0 Å². The second-order valence-corrected chi connectivity index (χ2v) is 3.36. The van der Waals surface area contributed by atoms with Gasteiger partial charge in [0.2, 0.25) is 0 Å².